The minimum atomic E-state index is -4.73. The van der Waals surface area contributed by atoms with E-state index in [-0.39, 0.29) is 12.4 Å². The van der Waals surface area contributed by atoms with E-state index in [0.29, 0.717) is 22.4 Å². The number of carbonyl (C=O) groups excluding carboxylic acids is 1. The largest absolute Gasteiger partial charge is 0.573 e. The highest BCUT2D eigenvalue weighted by atomic mass is 19.4. The molecule has 7 nitrogen and oxygen atoms in total. The fourth-order valence-corrected chi connectivity index (χ4v) is 4.85. The van der Waals surface area contributed by atoms with Crippen molar-refractivity contribution in [2.24, 2.45) is 5.73 Å². The Labute approximate surface area is 223 Å². The molecule has 5 rings (SSSR count). The van der Waals surface area contributed by atoms with E-state index < -0.39 is 12.3 Å². The quantitative estimate of drug-likeness (QED) is 0.299. The van der Waals surface area contributed by atoms with Crippen molar-refractivity contribution in [2.45, 2.75) is 38.7 Å². The molecule has 1 aliphatic rings. The number of imidazole rings is 1. The van der Waals surface area contributed by atoms with Gasteiger partial charge in [0.25, 0.3) is 0 Å². The van der Waals surface area contributed by atoms with Crippen LogP contribution in [0.3, 0.4) is 0 Å². The molecule has 0 saturated carbocycles. The predicted molar refractivity (Wildman–Crippen MR) is 141 cm³/mol. The van der Waals surface area contributed by atoms with Crippen LogP contribution >= 0.6 is 0 Å². The van der Waals surface area contributed by atoms with Gasteiger partial charge in [0.2, 0.25) is 5.91 Å². The lowest BCUT2D eigenvalue weighted by molar-refractivity contribution is -0.274. The number of alkyl halides is 3. The zero-order chi connectivity index (χ0) is 27.4. The number of hydrogen-bond acceptors (Lipinski definition) is 5. The van der Waals surface area contributed by atoms with Gasteiger partial charge in [0, 0.05) is 24.6 Å². The van der Waals surface area contributed by atoms with Crippen LogP contribution in [0.5, 0.6) is 11.5 Å². The molecule has 1 fully saturated rings. The molecule has 0 atom stereocenters. The molecule has 2 heterocycles. The van der Waals surface area contributed by atoms with Gasteiger partial charge in [0.15, 0.2) is 0 Å². The van der Waals surface area contributed by atoms with Crippen LogP contribution in [0, 0.1) is 0 Å². The highest BCUT2D eigenvalue weighted by Gasteiger charge is 2.31. The minimum Gasteiger partial charge on any atom is -0.489 e. The lowest BCUT2D eigenvalue weighted by Gasteiger charge is -2.26. The number of hydrogen-bond donors (Lipinski definition) is 1. The smallest absolute Gasteiger partial charge is 0.489 e. The van der Waals surface area contributed by atoms with Crippen LogP contribution in [0.15, 0.2) is 66.7 Å². The monoisotopic (exact) mass is 538 g/mol. The van der Waals surface area contributed by atoms with Crippen molar-refractivity contribution < 1.29 is 27.4 Å². The molecule has 1 amide bonds. The van der Waals surface area contributed by atoms with E-state index >= 15 is 0 Å². The van der Waals surface area contributed by atoms with Gasteiger partial charge in [-0.3, -0.25) is 9.36 Å². The lowest BCUT2D eigenvalue weighted by atomic mass is 10.1. The van der Waals surface area contributed by atoms with Crippen molar-refractivity contribution in [2.75, 3.05) is 19.6 Å². The van der Waals surface area contributed by atoms with Gasteiger partial charge in [-0.25, -0.2) is 4.98 Å². The molecule has 0 aliphatic carbocycles. The molecule has 0 bridgehead atoms. The molecular weight excluding hydrogens is 509 g/mol. The van der Waals surface area contributed by atoms with Crippen LogP contribution in [0.2, 0.25) is 0 Å². The second-order valence-electron chi connectivity index (χ2n) is 9.56. The summed E-state index contributed by atoms with van der Waals surface area (Å²) in [5, 5.41) is 0. The van der Waals surface area contributed by atoms with Crippen molar-refractivity contribution in [3.8, 4) is 17.2 Å². The van der Waals surface area contributed by atoms with E-state index in [1.54, 1.807) is 12.1 Å². The summed E-state index contributed by atoms with van der Waals surface area (Å²) in [6, 6.07) is 18.4. The topological polar surface area (TPSA) is 82.6 Å². The van der Waals surface area contributed by atoms with E-state index in [1.165, 1.54) is 43.5 Å². The summed E-state index contributed by atoms with van der Waals surface area (Å²) in [7, 11) is 0. The number of aromatic nitrogens is 2. The second-order valence-corrected chi connectivity index (χ2v) is 9.56. The third-order valence-electron chi connectivity index (χ3n) is 6.75. The summed E-state index contributed by atoms with van der Waals surface area (Å²) in [6.45, 7) is 3.22. The number of nitrogens with two attached hydrogens (primary N) is 1. The number of piperidine rings is 1. The van der Waals surface area contributed by atoms with Gasteiger partial charge in [-0.15, -0.1) is 13.2 Å². The molecule has 1 aliphatic heterocycles. The Morgan fingerprint density at radius 3 is 2.44 bits per heavy atom. The van der Waals surface area contributed by atoms with E-state index in [9.17, 15) is 18.0 Å². The van der Waals surface area contributed by atoms with Gasteiger partial charge < -0.3 is 20.1 Å². The number of primary amides is 1. The highest BCUT2D eigenvalue weighted by Crippen LogP contribution is 2.27. The Bertz CT molecular complexity index is 1440. The summed E-state index contributed by atoms with van der Waals surface area (Å²) >= 11 is 0. The van der Waals surface area contributed by atoms with Gasteiger partial charge >= 0.3 is 6.36 Å². The number of rotatable bonds is 9. The predicted octanol–water partition coefficient (Wildman–Crippen LogP) is 5.63. The Morgan fingerprint density at radius 1 is 0.949 bits per heavy atom. The number of nitrogens with zero attached hydrogens (tertiary/aromatic N) is 3. The number of amides is 1. The maximum absolute atomic E-state index is 12.4. The van der Waals surface area contributed by atoms with Crippen molar-refractivity contribution in [3.05, 3.63) is 83.7 Å². The van der Waals surface area contributed by atoms with Crippen molar-refractivity contribution in [1.82, 2.24) is 14.5 Å². The third kappa shape index (κ3) is 6.69. The first kappa shape index (κ1) is 26.6. The first-order chi connectivity index (χ1) is 18.7. The number of ether oxygens (including phenoxy) is 2. The molecular formula is C29H29F3N4O3. The molecule has 39 heavy (non-hydrogen) atoms. The Balaban J connectivity index is 1.38. The number of benzene rings is 3. The van der Waals surface area contributed by atoms with Crippen LogP contribution in [0.1, 0.15) is 41.0 Å². The summed E-state index contributed by atoms with van der Waals surface area (Å²) < 4.78 is 49.2. The highest BCUT2D eigenvalue weighted by molar-refractivity contribution is 5.96. The maximum Gasteiger partial charge on any atom is 0.573 e. The van der Waals surface area contributed by atoms with Gasteiger partial charge in [-0.2, -0.15) is 0 Å². The van der Waals surface area contributed by atoms with Crippen LogP contribution in [0.25, 0.3) is 16.7 Å². The fourth-order valence-electron chi connectivity index (χ4n) is 4.85. The Hall–Kier alpha value is -4.05. The van der Waals surface area contributed by atoms with Crippen LogP contribution in [-0.2, 0) is 13.0 Å². The molecule has 2 N–H and O–H groups in total. The summed E-state index contributed by atoms with van der Waals surface area (Å²) in [6.07, 6.45) is -0.323. The maximum atomic E-state index is 12.4. The van der Waals surface area contributed by atoms with E-state index in [0.717, 1.165) is 43.1 Å². The molecule has 3 aromatic carbocycles. The second kappa shape index (κ2) is 11.4. The number of halogens is 3. The molecule has 0 spiro atoms. The van der Waals surface area contributed by atoms with Crippen molar-refractivity contribution >= 4 is 16.9 Å². The van der Waals surface area contributed by atoms with E-state index in [1.807, 2.05) is 30.3 Å². The average Bonchev–Trinajstić information content (AvgIpc) is 3.29. The van der Waals surface area contributed by atoms with Gasteiger partial charge in [-0.05, 0) is 74.0 Å². The average molecular weight is 539 g/mol. The van der Waals surface area contributed by atoms with E-state index in [4.69, 9.17) is 15.5 Å². The first-order valence-corrected chi connectivity index (χ1v) is 12.9. The Kier molecular flexibility index (Phi) is 7.74. The van der Waals surface area contributed by atoms with E-state index in [2.05, 4.69) is 14.2 Å². The molecule has 1 aromatic heterocycles. The third-order valence-corrected chi connectivity index (χ3v) is 6.75. The zero-order valence-corrected chi connectivity index (χ0v) is 21.3. The molecule has 0 unspecified atom stereocenters. The normalized spacial score (nSPS) is 14.4. The summed E-state index contributed by atoms with van der Waals surface area (Å²) in [5.74, 6) is 0.682. The van der Waals surface area contributed by atoms with Crippen molar-refractivity contribution in [1.29, 1.82) is 0 Å². The number of carbonyl (C=O) groups is 1. The fraction of sp³-hybridized carbons (Fsp3) is 0.310. The standard InChI is InChI=1S/C29H29F3N4O3/c30-29(31,32)39-23-10-7-20(8-11-23)19-38-24-6-4-5-22(18-24)36-26-12-9-21(28(33)37)17-25(26)34-27(36)13-16-35-14-2-1-3-15-35/h4-12,17-18H,1-3,13-16,19H2,(H2,33,37). The number of likely N-dealkylation sites (tertiary alicyclic amines) is 1. The van der Waals surface area contributed by atoms with Gasteiger partial charge in [-0.1, -0.05) is 24.6 Å². The molecule has 10 heteroatoms. The number of fused-ring (bicyclic) bond motifs is 1. The molecule has 204 valence electrons. The molecule has 4 aromatic rings. The van der Waals surface area contributed by atoms with Crippen molar-refractivity contribution in [3.63, 3.8) is 0 Å². The zero-order valence-electron chi connectivity index (χ0n) is 21.3. The Morgan fingerprint density at radius 2 is 1.72 bits per heavy atom. The first-order valence-electron chi connectivity index (χ1n) is 12.9. The van der Waals surface area contributed by atoms with Crippen LogP contribution < -0.4 is 15.2 Å². The summed E-state index contributed by atoms with van der Waals surface area (Å²) in [5.41, 5.74) is 8.99. The SMILES string of the molecule is NC(=O)c1ccc2c(c1)nc(CCN1CCCCC1)n2-c1cccc(OCc2ccc(OC(F)(F)F)cc2)c1. The summed E-state index contributed by atoms with van der Waals surface area (Å²) in [4.78, 5) is 19.1. The van der Waals surface area contributed by atoms with Gasteiger partial charge in [0.1, 0.15) is 23.9 Å². The van der Waals surface area contributed by atoms with Crippen LogP contribution in [0.4, 0.5) is 13.2 Å². The van der Waals surface area contributed by atoms with Gasteiger partial charge in [0.05, 0.1) is 16.7 Å². The van der Waals surface area contributed by atoms with Crippen LogP contribution in [-0.4, -0.2) is 46.4 Å². The molecule has 0 radical (unpaired) electrons. The molecule has 1 saturated heterocycles. The minimum absolute atomic E-state index is 0.171. The lowest BCUT2D eigenvalue weighted by Crippen LogP contribution is -2.31.